The molecular formula is C15H24N2O2S. The molecule has 0 fully saturated rings. The monoisotopic (exact) mass is 296 g/mol. The van der Waals surface area contributed by atoms with E-state index in [4.69, 9.17) is 0 Å². The maximum atomic E-state index is 11.3. The van der Waals surface area contributed by atoms with E-state index in [1.54, 1.807) is 0 Å². The van der Waals surface area contributed by atoms with Crippen LogP contribution in [0.3, 0.4) is 0 Å². The average molecular weight is 296 g/mol. The summed E-state index contributed by atoms with van der Waals surface area (Å²) in [6.45, 7) is 12.6. The highest BCUT2D eigenvalue weighted by molar-refractivity contribution is 7.99. The summed E-state index contributed by atoms with van der Waals surface area (Å²) in [6.07, 6.45) is 0. The average Bonchev–Trinajstić information content (AvgIpc) is 2.33. The molecule has 0 saturated carbocycles. The zero-order valence-electron chi connectivity index (χ0n) is 13.4. The summed E-state index contributed by atoms with van der Waals surface area (Å²) in [5.74, 6) is 0.821. The van der Waals surface area contributed by atoms with Crippen molar-refractivity contribution >= 4 is 17.7 Å². The Hall–Kier alpha value is -1.10. The second-order valence-electron chi connectivity index (χ2n) is 6.78. The molecule has 0 aromatic carbocycles. The molecule has 1 aromatic rings. The fourth-order valence-electron chi connectivity index (χ4n) is 1.41. The Balaban J connectivity index is 3.14. The number of methoxy groups -OCH3 is 1. The second kappa shape index (κ2) is 6.12. The van der Waals surface area contributed by atoms with Crippen LogP contribution in [-0.4, -0.2) is 28.8 Å². The Morgan fingerprint density at radius 2 is 1.75 bits per heavy atom. The molecule has 112 valence electrons. The van der Waals surface area contributed by atoms with Gasteiger partial charge >= 0.3 is 5.97 Å². The highest BCUT2D eigenvalue weighted by Gasteiger charge is 2.23. The Kier molecular flexibility index (Phi) is 5.19. The van der Waals surface area contributed by atoms with E-state index in [1.165, 1.54) is 18.9 Å². The minimum Gasteiger partial charge on any atom is -0.468 e. The third kappa shape index (κ3) is 4.78. The van der Waals surface area contributed by atoms with Gasteiger partial charge in [-0.2, -0.15) is 0 Å². The summed E-state index contributed by atoms with van der Waals surface area (Å²) in [7, 11) is 1.39. The number of ether oxygens (including phenoxy) is 1. The van der Waals surface area contributed by atoms with Crippen LogP contribution in [0.25, 0.3) is 0 Å². The Labute approximate surface area is 125 Å². The number of esters is 1. The van der Waals surface area contributed by atoms with Gasteiger partial charge in [-0.25, -0.2) is 9.97 Å². The number of rotatable bonds is 3. The van der Waals surface area contributed by atoms with E-state index < -0.39 is 0 Å². The van der Waals surface area contributed by atoms with E-state index in [0.29, 0.717) is 0 Å². The first-order valence-electron chi connectivity index (χ1n) is 6.63. The normalized spacial score (nSPS) is 12.3. The fraction of sp³-hybridized carbons (Fsp3) is 0.667. The maximum absolute atomic E-state index is 11.3. The molecule has 5 heteroatoms. The van der Waals surface area contributed by atoms with E-state index in [-0.39, 0.29) is 22.6 Å². The number of aromatic nitrogens is 2. The first-order chi connectivity index (χ1) is 9.04. The predicted molar refractivity (Wildman–Crippen MR) is 82.2 cm³/mol. The molecule has 1 aromatic heterocycles. The Morgan fingerprint density at radius 1 is 1.15 bits per heavy atom. The maximum Gasteiger partial charge on any atom is 0.316 e. The molecule has 0 atom stereocenters. The van der Waals surface area contributed by atoms with Gasteiger partial charge in [0, 0.05) is 10.8 Å². The van der Waals surface area contributed by atoms with Crippen molar-refractivity contribution in [1.82, 2.24) is 9.97 Å². The zero-order valence-corrected chi connectivity index (χ0v) is 14.2. The molecule has 0 aliphatic carbocycles. The molecule has 0 spiro atoms. The summed E-state index contributed by atoms with van der Waals surface area (Å²) in [6, 6.07) is 1.96. The molecule has 0 aliphatic heterocycles. The van der Waals surface area contributed by atoms with Crippen molar-refractivity contribution < 1.29 is 9.53 Å². The summed E-state index contributed by atoms with van der Waals surface area (Å²) in [4.78, 5) is 20.5. The summed E-state index contributed by atoms with van der Waals surface area (Å²) in [5, 5.41) is 0.820. The van der Waals surface area contributed by atoms with Crippen molar-refractivity contribution in [3.05, 3.63) is 17.6 Å². The van der Waals surface area contributed by atoms with Gasteiger partial charge in [0.25, 0.3) is 0 Å². The first kappa shape index (κ1) is 17.0. The van der Waals surface area contributed by atoms with E-state index in [1.807, 2.05) is 6.07 Å². The van der Waals surface area contributed by atoms with Gasteiger partial charge in [0.05, 0.1) is 18.6 Å². The standard InChI is InChI=1S/C15H24N2O2S/c1-14(2,3)10-8-11(20-9-12(18)19-7)17-13(16-10)15(4,5)6/h8H,9H2,1-7H3. The van der Waals surface area contributed by atoms with E-state index in [9.17, 15) is 4.79 Å². The zero-order chi connectivity index (χ0) is 15.6. The molecule has 4 nitrogen and oxygen atoms in total. The Bertz CT molecular complexity index is 455. The van der Waals surface area contributed by atoms with Crippen molar-refractivity contribution in [1.29, 1.82) is 0 Å². The number of hydrogen-bond acceptors (Lipinski definition) is 5. The SMILES string of the molecule is COC(=O)CSc1cc(C(C)(C)C)nc(C(C)(C)C)n1. The third-order valence-corrected chi connectivity index (χ3v) is 3.59. The topological polar surface area (TPSA) is 52.1 Å². The van der Waals surface area contributed by atoms with Gasteiger partial charge in [0.2, 0.25) is 0 Å². The van der Waals surface area contributed by atoms with Crippen LogP contribution in [-0.2, 0) is 20.4 Å². The van der Waals surface area contributed by atoms with Gasteiger partial charge in [0.15, 0.2) is 0 Å². The minimum atomic E-state index is -0.247. The van der Waals surface area contributed by atoms with Gasteiger partial charge in [-0.05, 0) is 6.07 Å². The van der Waals surface area contributed by atoms with Crippen molar-refractivity contribution in [2.24, 2.45) is 0 Å². The first-order valence-corrected chi connectivity index (χ1v) is 7.62. The molecule has 0 radical (unpaired) electrons. The van der Waals surface area contributed by atoms with Gasteiger partial charge in [-0.3, -0.25) is 4.79 Å². The second-order valence-corrected chi connectivity index (χ2v) is 7.78. The highest BCUT2D eigenvalue weighted by atomic mass is 32.2. The van der Waals surface area contributed by atoms with E-state index >= 15 is 0 Å². The van der Waals surface area contributed by atoms with Crippen LogP contribution >= 0.6 is 11.8 Å². The fourth-order valence-corrected chi connectivity index (χ4v) is 2.14. The lowest BCUT2D eigenvalue weighted by Crippen LogP contribution is -2.22. The third-order valence-electron chi connectivity index (χ3n) is 2.71. The van der Waals surface area contributed by atoms with Gasteiger partial charge < -0.3 is 4.74 Å². The summed E-state index contributed by atoms with van der Waals surface area (Å²) in [5.41, 5.74) is 0.815. The van der Waals surface area contributed by atoms with Crippen LogP contribution < -0.4 is 0 Å². The number of thioether (sulfide) groups is 1. The molecule has 0 unspecified atom stereocenters. The number of nitrogens with zero attached hydrogens (tertiary/aromatic N) is 2. The molecular weight excluding hydrogens is 272 g/mol. The van der Waals surface area contributed by atoms with Crippen LogP contribution in [0.5, 0.6) is 0 Å². The number of hydrogen-bond donors (Lipinski definition) is 0. The highest BCUT2D eigenvalue weighted by Crippen LogP contribution is 2.28. The molecule has 0 bridgehead atoms. The molecule has 20 heavy (non-hydrogen) atoms. The predicted octanol–water partition coefficient (Wildman–Crippen LogP) is 3.34. The minimum absolute atomic E-state index is 0.0521. The number of carbonyl (C=O) groups excluding carboxylic acids is 1. The molecule has 0 saturated heterocycles. The largest absolute Gasteiger partial charge is 0.468 e. The van der Waals surface area contributed by atoms with Crippen LogP contribution in [0, 0.1) is 0 Å². The quantitative estimate of drug-likeness (QED) is 0.486. The van der Waals surface area contributed by atoms with Gasteiger partial charge in [0.1, 0.15) is 10.9 Å². The molecule has 0 N–H and O–H groups in total. The lowest BCUT2D eigenvalue weighted by molar-refractivity contribution is -0.137. The van der Waals surface area contributed by atoms with E-state index in [0.717, 1.165) is 16.5 Å². The number of carbonyl (C=O) groups is 1. The molecule has 0 amide bonds. The van der Waals surface area contributed by atoms with Gasteiger partial charge in [-0.15, -0.1) is 0 Å². The molecule has 1 rings (SSSR count). The van der Waals surface area contributed by atoms with Crippen molar-refractivity contribution in [2.75, 3.05) is 12.9 Å². The van der Waals surface area contributed by atoms with Crippen molar-refractivity contribution in [3.63, 3.8) is 0 Å². The molecule has 1 heterocycles. The lowest BCUT2D eigenvalue weighted by Gasteiger charge is -2.23. The summed E-state index contributed by atoms with van der Waals surface area (Å²) >= 11 is 1.39. The van der Waals surface area contributed by atoms with Crippen LogP contribution in [0.15, 0.2) is 11.1 Å². The van der Waals surface area contributed by atoms with Gasteiger partial charge in [-0.1, -0.05) is 53.3 Å². The smallest absolute Gasteiger partial charge is 0.316 e. The van der Waals surface area contributed by atoms with Crippen LogP contribution in [0.4, 0.5) is 0 Å². The molecule has 0 aliphatic rings. The Morgan fingerprint density at radius 3 is 2.20 bits per heavy atom. The van der Waals surface area contributed by atoms with E-state index in [2.05, 4.69) is 56.2 Å². The van der Waals surface area contributed by atoms with Crippen molar-refractivity contribution in [3.8, 4) is 0 Å². The van der Waals surface area contributed by atoms with Crippen molar-refractivity contribution in [2.45, 2.75) is 57.4 Å². The van der Waals surface area contributed by atoms with Crippen LogP contribution in [0.1, 0.15) is 53.1 Å². The summed E-state index contributed by atoms with van der Waals surface area (Å²) < 4.78 is 4.66. The lowest BCUT2D eigenvalue weighted by atomic mass is 9.90. The van der Waals surface area contributed by atoms with Crippen LogP contribution in [0.2, 0.25) is 0 Å².